The molecule has 412 valence electrons. The van der Waals surface area contributed by atoms with E-state index in [-0.39, 0.29) is 32.0 Å². The van der Waals surface area contributed by atoms with E-state index in [4.69, 9.17) is 18.5 Å². The van der Waals surface area contributed by atoms with Crippen molar-refractivity contribution in [1.82, 2.24) is 0 Å². The van der Waals surface area contributed by atoms with Crippen LogP contribution in [0.3, 0.4) is 0 Å². The first-order valence-corrected chi connectivity index (χ1v) is 31.2. The molecule has 0 aromatic rings. The molecule has 0 fully saturated rings. The van der Waals surface area contributed by atoms with Gasteiger partial charge in [-0.05, 0) is 64.2 Å². The van der Waals surface area contributed by atoms with Crippen molar-refractivity contribution in [2.75, 3.05) is 47.5 Å². The quantitative estimate of drug-likeness (QED) is 0.0195. The summed E-state index contributed by atoms with van der Waals surface area (Å²) in [5.41, 5.74) is 0. The molecule has 2 unspecified atom stereocenters. The van der Waals surface area contributed by atoms with Gasteiger partial charge in [-0.2, -0.15) is 0 Å². The van der Waals surface area contributed by atoms with Crippen LogP contribution in [0.4, 0.5) is 0 Å². The van der Waals surface area contributed by atoms with Crippen molar-refractivity contribution >= 4 is 19.8 Å². The Hall–Kier alpha value is -1.77. The average Bonchev–Trinajstić information content (AvgIpc) is 3.32. The highest BCUT2D eigenvalue weighted by atomic mass is 31.2. The second kappa shape index (κ2) is 52.1. The third-order valence-electron chi connectivity index (χ3n) is 13.1. The van der Waals surface area contributed by atoms with E-state index in [1.165, 1.54) is 186 Å². The molecule has 0 aliphatic carbocycles. The van der Waals surface area contributed by atoms with Gasteiger partial charge in [-0.25, -0.2) is 0 Å². The van der Waals surface area contributed by atoms with Crippen LogP contribution in [0.5, 0.6) is 0 Å². The number of likely N-dealkylation sites (N-methyl/N-ethyl adjacent to an activating group) is 1. The molecule has 10 heteroatoms. The summed E-state index contributed by atoms with van der Waals surface area (Å²) in [6.45, 7) is 4.20. The summed E-state index contributed by atoms with van der Waals surface area (Å²) < 4.78 is 34.0. The molecule has 0 aliphatic rings. The van der Waals surface area contributed by atoms with Crippen LogP contribution in [0.1, 0.15) is 284 Å². The van der Waals surface area contributed by atoms with Gasteiger partial charge in [0.25, 0.3) is 7.82 Å². The molecule has 0 aromatic heterocycles. The number of carbonyl (C=O) groups is 2. The molecule has 9 nitrogen and oxygen atoms in total. The Morgan fingerprint density at radius 3 is 1.19 bits per heavy atom. The Balaban J connectivity index is 3.91. The van der Waals surface area contributed by atoms with Crippen molar-refractivity contribution in [3.05, 3.63) is 36.5 Å². The summed E-state index contributed by atoms with van der Waals surface area (Å²) in [4.78, 5) is 37.7. The summed E-state index contributed by atoms with van der Waals surface area (Å²) >= 11 is 0. The number of quaternary nitrogens is 1. The predicted molar refractivity (Wildman–Crippen MR) is 296 cm³/mol. The van der Waals surface area contributed by atoms with Crippen molar-refractivity contribution < 1.29 is 42.1 Å². The lowest BCUT2D eigenvalue weighted by Gasteiger charge is -2.28. The molecule has 0 saturated heterocycles. The lowest BCUT2D eigenvalue weighted by molar-refractivity contribution is -0.870. The number of unbranched alkanes of at least 4 members (excludes halogenated alkanes) is 35. The lowest BCUT2D eigenvalue weighted by Crippen LogP contribution is -2.37. The van der Waals surface area contributed by atoms with Crippen LogP contribution in [0.15, 0.2) is 36.5 Å². The van der Waals surface area contributed by atoms with E-state index < -0.39 is 26.5 Å². The minimum atomic E-state index is -4.63. The smallest absolute Gasteiger partial charge is 0.306 e. The zero-order chi connectivity index (χ0) is 51.3. The summed E-state index contributed by atoms with van der Waals surface area (Å²) in [6.07, 6.45) is 63.7. The summed E-state index contributed by atoms with van der Waals surface area (Å²) in [7, 11) is 1.17. The number of phosphoric ester groups is 1. The van der Waals surface area contributed by atoms with Gasteiger partial charge in [0.05, 0.1) is 27.7 Å². The Kier molecular flexibility index (Phi) is 50.8. The van der Waals surface area contributed by atoms with Gasteiger partial charge >= 0.3 is 11.9 Å². The zero-order valence-electron chi connectivity index (χ0n) is 46.7. The van der Waals surface area contributed by atoms with Crippen LogP contribution in [-0.4, -0.2) is 70.0 Å². The number of nitrogens with zero attached hydrogens (tertiary/aromatic N) is 1. The van der Waals surface area contributed by atoms with Gasteiger partial charge in [-0.3, -0.25) is 14.2 Å². The predicted octanol–water partition coefficient (Wildman–Crippen LogP) is 17.7. The number of carbonyl (C=O) groups excluding carboxylic acids is 2. The highest BCUT2D eigenvalue weighted by molar-refractivity contribution is 7.45. The number of hydrogen-bond acceptors (Lipinski definition) is 8. The SMILES string of the molecule is CCCC/C=C\CCCCCCCC(=O)OCC(COP(=O)([O-])OCC[N+](C)(C)C)OC(=O)CCCCCCCCCCCCCCCCCCCCCCCCC/C=C\C/C=C\CCCCCCC. The number of rotatable bonds is 55. The second-order valence-corrected chi connectivity index (χ2v) is 22.8. The first kappa shape index (κ1) is 68.2. The highest BCUT2D eigenvalue weighted by Crippen LogP contribution is 2.38. The number of phosphoric acid groups is 1. The van der Waals surface area contributed by atoms with E-state index in [1.54, 1.807) is 0 Å². The van der Waals surface area contributed by atoms with Crippen molar-refractivity contribution in [2.24, 2.45) is 0 Å². The van der Waals surface area contributed by atoms with E-state index in [9.17, 15) is 19.0 Å². The molecular weight excluding hydrogens is 894 g/mol. The molecular formula is C60H114NO8P. The molecule has 0 aliphatic heterocycles. The second-order valence-electron chi connectivity index (χ2n) is 21.4. The largest absolute Gasteiger partial charge is 0.756 e. The van der Waals surface area contributed by atoms with E-state index in [2.05, 4.69) is 50.3 Å². The van der Waals surface area contributed by atoms with Gasteiger partial charge in [0, 0.05) is 12.8 Å². The maximum atomic E-state index is 12.8. The number of hydrogen-bond donors (Lipinski definition) is 0. The van der Waals surface area contributed by atoms with Crippen LogP contribution in [0.2, 0.25) is 0 Å². The van der Waals surface area contributed by atoms with Gasteiger partial charge < -0.3 is 27.9 Å². The summed E-state index contributed by atoms with van der Waals surface area (Å²) in [6, 6.07) is 0. The Labute approximate surface area is 433 Å². The normalized spacial score (nSPS) is 13.5. The minimum absolute atomic E-state index is 0.0302. The van der Waals surface area contributed by atoms with E-state index in [1.807, 2.05) is 21.1 Å². The average molecular weight is 1010 g/mol. The number of esters is 2. The first-order valence-electron chi connectivity index (χ1n) is 29.7. The molecule has 0 aromatic carbocycles. The molecule has 0 spiro atoms. The fourth-order valence-corrected chi connectivity index (χ4v) is 9.22. The molecule has 0 rings (SSSR count). The topological polar surface area (TPSA) is 111 Å². The molecule has 0 radical (unpaired) electrons. The van der Waals surface area contributed by atoms with Crippen LogP contribution in [-0.2, 0) is 32.7 Å². The van der Waals surface area contributed by atoms with Crippen molar-refractivity contribution in [3.63, 3.8) is 0 Å². The standard InChI is InChI=1S/C60H114NO8P/c1-6-8-10-12-14-16-18-19-20-21-22-23-24-25-26-27-28-29-30-31-32-33-34-35-36-37-38-39-40-41-43-45-47-49-51-53-60(63)69-58(57-68-70(64,65)67-55-54-61(3,4)5)56-66-59(62)52-50-48-46-44-42-17-15-13-11-9-7-2/h13,15,18-19,21-22,58H,6-12,14,16-17,20,23-57H2,1-5H3/b15-13-,19-18-,22-21-. The highest BCUT2D eigenvalue weighted by Gasteiger charge is 2.22. The van der Waals surface area contributed by atoms with E-state index in [0.29, 0.717) is 17.4 Å². The van der Waals surface area contributed by atoms with Crippen molar-refractivity contribution in [1.29, 1.82) is 0 Å². The maximum Gasteiger partial charge on any atom is 0.306 e. The Morgan fingerprint density at radius 2 is 0.786 bits per heavy atom. The fourth-order valence-electron chi connectivity index (χ4n) is 8.49. The lowest BCUT2D eigenvalue weighted by atomic mass is 10.0. The van der Waals surface area contributed by atoms with Gasteiger partial charge in [-0.15, -0.1) is 0 Å². The monoisotopic (exact) mass is 1010 g/mol. The Morgan fingerprint density at radius 1 is 0.443 bits per heavy atom. The minimum Gasteiger partial charge on any atom is -0.756 e. The molecule has 0 N–H and O–H groups in total. The van der Waals surface area contributed by atoms with Crippen LogP contribution in [0, 0.1) is 0 Å². The number of ether oxygens (including phenoxy) is 2. The van der Waals surface area contributed by atoms with Gasteiger partial charge in [0.2, 0.25) is 0 Å². The van der Waals surface area contributed by atoms with Gasteiger partial charge in [-0.1, -0.05) is 243 Å². The van der Waals surface area contributed by atoms with E-state index in [0.717, 1.165) is 64.2 Å². The van der Waals surface area contributed by atoms with E-state index >= 15 is 0 Å². The van der Waals surface area contributed by atoms with Crippen molar-refractivity contribution in [2.45, 2.75) is 290 Å². The number of allylic oxidation sites excluding steroid dienone is 6. The fraction of sp³-hybridized carbons (Fsp3) is 0.867. The van der Waals surface area contributed by atoms with Gasteiger partial charge in [0.15, 0.2) is 6.10 Å². The van der Waals surface area contributed by atoms with Crippen molar-refractivity contribution in [3.8, 4) is 0 Å². The summed E-state index contributed by atoms with van der Waals surface area (Å²) in [5, 5.41) is 0. The molecule has 70 heavy (non-hydrogen) atoms. The first-order chi connectivity index (χ1) is 34.0. The third-order valence-corrected chi connectivity index (χ3v) is 14.1. The maximum absolute atomic E-state index is 12.8. The van der Waals surface area contributed by atoms with Crippen LogP contribution < -0.4 is 4.89 Å². The molecule has 2 atom stereocenters. The van der Waals surface area contributed by atoms with Crippen LogP contribution in [0.25, 0.3) is 0 Å². The zero-order valence-corrected chi connectivity index (χ0v) is 47.6. The molecule has 0 bridgehead atoms. The third kappa shape index (κ3) is 55.5. The summed E-state index contributed by atoms with van der Waals surface area (Å²) in [5.74, 6) is -0.834. The van der Waals surface area contributed by atoms with Crippen LogP contribution >= 0.6 is 7.82 Å². The van der Waals surface area contributed by atoms with Gasteiger partial charge in [0.1, 0.15) is 19.8 Å². The molecule has 0 saturated carbocycles. The molecule has 0 heterocycles. The molecule has 0 amide bonds. The Bertz CT molecular complexity index is 1280.